The highest BCUT2D eigenvalue weighted by Gasteiger charge is 2.17. The van der Waals surface area contributed by atoms with E-state index >= 15 is 0 Å². The van der Waals surface area contributed by atoms with Crippen molar-refractivity contribution in [2.75, 3.05) is 31.7 Å². The summed E-state index contributed by atoms with van der Waals surface area (Å²) in [6, 6.07) is 14.4. The fourth-order valence-electron chi connectivity index (χ4n) is 2.94. The molecule has 2 heterocycles. The Morgan fingerprint density at radius 1 is 1.11 bits per heavy atom. The maximum atomic E-state index is 12.6. The Hall–Kier alpha value is -2.81. The van der Waals surface area contributed by atoms with E-state index in [4.69, 9.17) is 9.47 Å². The van der Waals surface area contributed by atoms with Crippen molar-refractivity contribution in [2.45, 2.75) is 6.10 Å². The highest BCUT2D eigenvalue weighted by molar-refractivity contribution is 7.13. The number of ether oxygens (including phenoxy) is 2. The van der Waals surface area contributed by atoms with Crippen LogP contribution in [0.2, 0.25) is 0 Å². The van der Waals surface area contributed by atoms with E-state index in [1.165, 1.54) is 11.5 Å². The molecule has 0 saturated carbocycles. The van der Waals surface area contributed by atoms with Gasteiger partial charge in [-0.25, -0.2) is 0 Å². The maximum absolute atomic E-state index is 12.6. The molecule has 8 heteroatoms. The SMILES string of the molecule is O=C(NC[C@H]1COCCO1)c1cccc(NC(=O)c2nsc3ccccc23)c1. The van der Waals surface area contributed by atoms with E-state index in [9.17, 15) is 9.59 Å². The van der Waals surface area contributed by atoms with E-state index in [-0.39, 0.29) is 17.9 Å². The molecule has 7 nitrogen and oxygen atoms in total. The Kier molecular flexibility index (Phi) is 5.61. The van der Waals surface area contributed by atoms with E-state index in [2.05, 4.69) is 15.0 Å². The van der Waals surface area contributed by atoms with Crippen molar-refractivity contribution in [3.05, 3.63) is 59.8 Å². The van der Waals surface area contributed by atoms with Crippen LogP contribution in [0.15, 0.2) is 48.5 Å². The zero-order valence-corrected chi connectivity index (χ0v) is 15.8. The van der Waals surface area contributed by atoms with Gasteiger partial charge in [0.25, 0.3) is 11.8 Å². The summed E-state index contributed by atoms with van der Waals surface area (Å²) in [4.78, 5) is 25.0. The molecule has 1 aromatic heterocycles. The van der Waals surface area contributed by atoms with Crippen molar-refractivity contribution >= 4 is 39.1 Å². The number of carbonyl (C=O) groups excluding carboxylic acids is 2. The topological polar surface area (TPSA) is 89.5 Å². The number of anilines is 1. The minimum Gasteiger partial charge on any atom is -0.376 e. The zero-order valence-electron chi connectivity index (χ0n) is 15.0. The number of hydrogen-bond donors (Lipinski definition) is 2. The lowest BCUT2D eigenvalue weighted by molar-refractivity contribution is -0.0855. The van der Waals surface area contributed by atoms with Gasteiger partial charge in [-0.1, -0.05) is 24.3 Å². The van der Waals surface area contributed by atoms with Gasteiger partial charge in [0, 0.05) is 23.2 Å². The van der Waals surface area contributed by atoms with Crippen molar-refractivity contribution in [3.8, 4) is 0 Å². The molecule has 0 spiro atoms. The number of fused-ring (bicyclic) bond motifs is 1. The van der Waals surface area contributed by atoms with Gasteiger partial charge in [0.1, 0.15) is 5.69 Å². The van der Waals surface area contributed by atoms with Gasteiger partial charge < -0.3 is 20.1 Å². The first kappa shape index (κ1) is 18.5. The first-order valence-corrected chi connectivity index (χ1v) is 9.71. The Morgan fingerprint density at radius 2 is 2.00 bits per heavy atom. The molecular formula is C20H19N3O4S. The van der Waals surface area contributed by atoms with E-state index in [0.717, 1.165) is 10.1 Å². The van der Waals surface area contributed by atoms with Gasteiger partial charge in [-0.05, 0) is 35.8 Å². The van der Waals surface area contributed by atoms with Crippen LogP contribution < -0.4 is 10.6 Å². The first-order chi connectivity index (χ1) is 13.7. The molecule has 0 radical (unpaired) electrons. The molecule has 1 aliphatic rings. The van der Waals surface area contributed by atoms with Crippen molar-refractivity contribution in [2.24, 2.45) is 0 Å². The molecule has 2 amide bonds. The Balaban J connectivity index is 1.41. The fourth-order valence-corrected chi connectivity index (χ4v) is 3.71. The summed E-state index contributed by atoms with van der Waals surface area (Å²) < 4.78 is 16.0. The number of carbonyl (C=O) groups is 2. The normalized spacial score (nSPS) is 16.6. The third-order valence-corrected chi connectivity index (χ3v) is 5.18. The highest BCUT2D eigenvalue weighted by atomic mass is 32.1. The van der Waals surface area contributed by atoms with E-state index in [1.54, 1.807) is 24.3 Å². The number of aromatic nitrogens is 1. The van der Waals surface area contributed by atoms with Gasteiger partial charge in [0.05, 0.1) is 30.6 Å². The molecule has 2 N–H and O–H groups in total. The molecule has 2 aromatic carbocycles. The lowest BCUT2D eigenvalue weighted by Gasteiger charge is -2.23. The van der Waals surface area contributed by atoms with Crippen LogP contribution in [-0.2, 0) is 9.47 Å². The van der Waals surface area contributed by atoms with Crippen LogP contribution in [0.25, 0.3) is 10.1 Å². The number of amides is 2. The number of rotatable bonds is 5. The predicted molar refractivity (Wildman–Crippen MR) is 107 cm³/mol. The van der Waals surface area contributed by atoms with Crippen LogP contribution >= 0.6 is 11.5 Å². The van der Waals surface area contributed by atoms with Gasteiger partial charge in [0.15, 0.2) is 0 Å². The highest BCUT2D eigenvalue weighted by Crippen LogP contribution is 2.23. The van der Waals surface area contributed by atoms with Crippen molar-refractivity contribution in [3.63, 3.8) is 0 Å². The fraction of sp³-hybridized carbons (Fsp3) is 0.250. The molecule has 1 saturated heterocycles. The van der Waals surface area contributed by atoms with Crippen LogP contribution in [0.1, 0.15) is 20.8 Å². The predicted octanol–water partition coefficient (Wildman–Crippen LogP) is 2.69. The third kappa shape index (κ3) is 4.19. The second-order valence-electron chi connectivity index (χ2n) is 6.34. The molecule has 144 valence electrons. The van der Waals surface area contributed by atoms with Crippen molar-refractivity contribution in [1.29, 1.82) is 0 Å². The van der Waals surface area contributed by atoms with E-state index < -0.39 is 0 Å². The summed E-state index contributed by atoms with van der Waals surface area (Å²) in [5.74, 6) is -0.535. The van der Waals surface area contributed by atoms with Gasteiger partial charge in [-0.3, -0.25) is 9.59 Å². The quantitative estimate of drug-likeness (QED) is 0.691. The molecule has 1 aliphatic heterocycles. The minimum absolute atomic E-state index is 0.140. The largest absolute Gasteiger partial charge is 0.376 e. The second-order valence-corrected chi connectivity index (χ2v) is 7.14. The summed E-state index contributed by atoms with van der Waals surface area (Å²) in [5, 5.41) is 6.46. The number of benzene rings is 2. The van der Waals surface area contributed by atoms with Crippen molar-refractivity contribution < 1.29 is 19.1 Å². The smallest absolute Gasteiger partial charge is 0.276 e. The number of nitrogens with one attached hydrogen (secondary N) is 2. The lowest BCUT2D eigenvalue weighted by atomic mass is 10.1. The maximum Gasteiger partial charge on any atom is 0.276 e. The minimum atomic E-state index is -0.303. The molecular weight excluding hydrogens is 378 g/mol. The summed E-state index contributed by atoms with van der Waals surface area (Å²) in [6.07, 6.45) is -0.140. The van der Waals surface area contributed by atoms with Crippen LogP contribution in [0, 0.1) is 0 Å². The Bertz CT molecular complexity index is 998. The summed E-state index contributed by atoms with van der Waals surface area (Å²) in [6.45, 7) is 1.96. The number of nitrogens with zero attached hydrogens (tertiary/aromatic N) is 1. The van der Waals surface area contributed by atoms with Crippen LogP contribution in [0.3, 0.4) is 0 Å². The van der Waals surface area contributed by atoms with Gasteiger partial charge in [-0.2, -0.15) is 4.37 Å². The van der Waals surface area contributed by atoms with E-state index in [0.29, 0.717) is 43.3 Å². The third-order valence-electron chi connectivity index (χ3n) is 4.35. The molecule has 0 bridgehead atoms. The Labute approximate surface area is 165 Å². The monoisotopic (exact) mass is 397 g/mol. The molecule has 0 unspecified atom stereocenters. The average Bonchev–Trinajstić information content (AvgIpc) is 3.17. The summed E-state index contributed by atoms with van der Waals surface area (Å²) in [7, 11) is 0. The van der Waals surface area contributed by atoms with Gasteiger partial charge >= 0.3 is 0 Å². The zero-order chi connectivity index (χ0) is 19.3. The second kappa shape index (κ2) is 8.47. The van der Waals surface area contributed by atoms with Crippen LogP contribution in [0.5, 0.6) is 0 Å². The molecule has 1 fully saturated rings. The van der Waals surface area contributed by atoms with Crippen LogP contribution in [-0.4, -0.2) is 48.7 Å². The van der Waals surface area contributed by atoms with Gasteiger partial charge in [0.2, 0.25) is 0 Å². The number of hydrogen-bond acceptors (Lipinski definition) is 6. The van der Waals surface area contributed by atoms with Crippen molar-refractivity contribution in [1.82, 2.24) is 9.69 Å². The summed E-state index contributed by atoms with van der Waals surface area (Å²) >= 11 is 1.28. The van der Waals surface area contributed by atoms with Crippen LogP contribution in [0.4, 0.5) is 5.69 Å². The standard InChI is InChI=1S/C20H19N3O4S/c24-19(21-11-15-12-26-8-9-27-15)13-4-3-5-14(10-13)22-20(25)18-16-6-1-2-7-17(16)28-23-18/h1-7,10,15H,8-9,11-12H2,(H,21,24)(H,22,25)/t15-/m0/s1. The Morgan fingerprint density at radius 3 is 2.86 bits per heavy atom. The van der Waals surface area contributed by atoms with Gasteiger partial charge in [-0.15, -0.1) is 0 Å². The first-order valence-electron chi connectivity index (χ1n) is 8.94. The molecule has 1 atom stereocenters. The lowest BCUT2D eigenvalue weighted by Crippen LogP contribution is -2.39. The van der Waals surface area contributed by atoms with E-state index in [1.807, 2.05) is 24.3 Å². The molecule has 3 aromatic rings. The average molecular weight is 397 g/mol. The molecule has 4 rings (SSSR count). The molecule has 28 heavy (non-hydrogen) atoms. The summed E-state index contributed by atoms with van der Waals surface area (Å²) in [5.41, 5.74) is 1.37. The molecule has 0 aliphatic carbocycles.